The summed E-state index contributed by atoms with van der Waals surface area (Å²) in [6.07, 6.45) is 4.13. The summed E-state index contributed by atoms with van der Waals surface area (Å²) in [4.78, 5) is 0. The lowest BCUT2D eigenvalue weighted by atomic mass is 9.95. The number of hydrogen-bond donors (Lipinski definition) is 0. The number of hydrogen-bond acceptors (Lipinski definition) is 3. The third-order valence-electron chi connectivity index (χ3n) is 5.48. The van der Waals surface area contributed by atoms with Crippen molar-refractivity contribution in [2.24, 2.45) is 0 Å². The van der Waals surface area contributed by atoms with Crippen LogP contribution in [-0.2, 0) is 5.79 Å². The molecule has 0 bridgehead atoms. The van der Waals surface area contributed by atoms with E-state index in [4.69, 9.17) is 14.2 Å². The lowest BCUT2D eigenvalue weighted by Crippen LogP contribution is -2.36. The minimum atomic E-state index is -0.941. The number of ether oxygens (including phenoxy) is 3. The molecule has 0 aromatic heterocycles. The quantitative estimate of drug-likeness (QED) is 0.443. The molecule has 0 radical (unpaired) electrons. The summed E-state index contributed by atoms with van der Waals surface area (Å²) in [5.41, 5.74) is 2.09. The Labute approximate surface area is 156 Å². The van der Waals surface area contributed by atoms with Crippen LogP contribution >= 0.6 is 0 Å². The van der Waals surface area contributed by atoms with Crippen LogP contribution in [0, 0.1) is 0 Å². The first-order valence-corrected chi connectivity index (χ1v) is 8.98. The Bertz CT molecular complexity index is 1270. The molecule has 0 saturated heterocycles. The minimum Gasteiger partial charge on any atom is -0.496 e. The lowest BCUT2D eigenvalue weighted by molar-refractivity contribution is -0.0683. The Morgan fingerprint density at radius 2 is 1.63 bits per heavy atom. The van der Waals surface area contributed by atoms with Gasteiger partial charge in [-0.3, -0.25) is 0 Å². The Hall–Kier alpha value is -3.46. The second kappa shape index (κ2) is 5.04. The highest BCUT2D eigenvalue weighted by Crippen LogP contribution is 2.51. The highest BCUT2D eigenvalue weighted by molar-refractivity contribution is 5.99. The Morgan fingerprint density at radius 3 is 2.56 bits per heavy atom. The summed E-state index contributed by atoms with van der Waals surface area (Å²) < 4.78 is 18.4. The SMILES string of the molecule is COc1ccc2c3c(cccc13)O[C@@]21C=Cc2c(ccc3ccccc23)O1. The van der Waals surface area contributed by atoms with Crippen LogP contribution in [-0.4, -0.2) is 7.11 Å². The van der Waals surface area contributed by atoms with Gasteiger partial charge in [0.1, 0.15) is 17.2 Å². The first-order valence-electron chi connectivity index (χ1n) is 8.98. The Balaban J connectivity index is 1.57. The second-order valence-electron chi connectivity index (χ2n) is 6.90. The number of benzene rings is 4. The summed E-state index contributed by atoms with van der Waals surface area (Å²) >= 11 is 0. The van der Waals surface area contributed by atoms with Crippen molar-refractivity contribution in [3.05, 3.63) is 83.9 Å². The molecule has 1 atom stereocenters. The van der Waals surface area contributed by atoms with Crippen molar-refractivity contribution in [1.82, 2.24) is 0 Å². The highest BCUT2D eigenvalue weighted by Gasteiger charge is 2.44. The molecule has 0 saturated carbocycles. The molecule has 0 fully saturated rings. The van der Waals surface area contributed by atoms with Gasteiger partial charge in [-0.25, -0.2) is 0 Å². The van der Waals surface area contributed by atoms with Crippen molar-refractivity contribution in [1.29, 1.82) is 0 Å². The smallest absolute Gasteiger partial charge is 0.299 e. The largest absolute Gasteiger partial charge is 0.496 e. The van der Waals surface area contributed by atoms with E-state index in [0.717, 1.165) is 39.1 Å². The maximum atomic E-state index is 6.48. The summed E-state index contributed by atoms with van der Waals surface area (Å²) in [5.74, 6) is 1.54. The molecule has 0 aliphatic carbocycles. The maximum Gasteiger partial charge on any atom is 0.299 e. The maximum absolute atomic E-state index is 6.48. The van der Waals surface area contributed by atoms with Gasteiger partial charge < -0.3 is 14.2 Å². The van der Waals surface area contributed by atoms with E-state index in [-0.39, 0.29) is 0 Å². The topological polar surface area (TPSA) is 27.7 Å². The molecule has 3 heteroatoms. The molecule has 2 aliphatic rings. The second-order valence-corrected chi connectivity index (χ2v) is 6.90. The van der Waals surface area contributed by atoms with Gasteiger partial charge in [0.05, 0.1) is 12.7 Å². The monoisotopic (exact) mass is 352 g/mol. The van der Waals surface area contributed by atoms with Crippen molar-refractivity contribution in [2.45, 2.75) is 5.79 Å². The fourth-order valence-corrected chi connectivity index (χ4v) is 4.24. The molecule has 6 rings (SSSR count). The molecule has 2 heterocycles. The zero-order valence-electron chi connectivity index (χ0n) is 14.7. The van der Waals surface area contributed by atoms with E-state index in [2.05, 4.69) is 42.5 Å². The van der Waals surface area contributed by atoms with Crippen LogP contribution in [0.2, 0.25) is 0 Å². The summed E-state index contributed by atoms with van der Waals surface area (Å²) in [6, 6.07) is 22.5. The van der Waals surface area contributed by atoms with Gasteiger partial charge in [0.15, 0.2) is 0 Å². The Morgan fingerprint density at radius 1 is 0.778 bits per heavy atom. The van der Waals surface area contributed by atoms with Crippen LogP contribution in [0.5, 0.6) is 17.2 Å². The molecule has 3 nitrogen and oxygen atoms in total. The van der Waals surface area contributed by atoms with E-state index in [1.54, 1.807) is 7.11 Å². The molecule has 4 aromatic rings. The average molecular weight is 352 g/mol. The molecule has 0 unspecified atom stereocenters. The fourth-order valence-electron chi connectivity index (χ4n) is 4.24. The molecule has 2 aliphatic heterocycles. The summed E-state index contributed by atoms with van der Waals surface area (Å²) in [7, 11) is 1.69. The zero-order chi connectivity index (χ0) is 18.0. The third-order valence-corrected chi connectivity index (χ3v) is 5.48. The zero-order valence-corrected chi connectivity index (χ0v) is 14.7. The van der Waals surface area contributed by atoms with Crippen molar-refractivity contribution >= 4 is 27.6 Å². The normalized spacial score (nSPS) is 19.1. The number of rotatable bonds is 1. The van der Waals surface area contributed by atoms with Crippen molar-refractivity contribution < 1.29 is 14.2 Å². The van der Waals surface area contributed by atoms with Gasteiger partial charge in [-0.1, -0.05) is 42.5 Å². The first-order chi connectivity index (χ1) is 13.3. The van der Waals surface area contributed by atoms with Gasteiger partial charge >= 0.3 is 0 Å². The van der Waals surface area contributed by atoms with Gasteiger partial charge in [-0.15, -0.1) is 0 Å². The average Bonchev–Trinajstić information content (AvgIpc) is 3.02. The van der Waals surface area contributed by atoms with E-state index in [0.29, 0.717) is 0 Å². The van der Waals surface area contributed by atoms with E-state index in [1.807, 2.05) is 36.4 Å². The number of methoxy groups -OCH3 is 1. The van der Waals surface area contributed by atoms with Crippen molar-refractivity contribution in [3.63, 3.8) is 0 Å². The van der Waals surface area contributed by atoms with Gasteiger partial charge in [-0.05, 0) is 41.1 Å². The van der Waals surface area contributed by atoms with E-state index >= 15 is 0 Å². The van der Waals surface area contributed by atoms with Crippen LogP contribution in [0.4, 0.5) is 0 Å². The lowest BCUT2D eigenvalue weighted by Gasteiger charge is -2.32. The highest BCUT2D eigenvalue weighted by atomic mass is 16.7. The van der Waals surface area contributed by atoms with Gasteiger partial charge in [0.2, 0.25) is 0 Å². The molecule has 0 N–H and O–H groups in total. The predicted octanol–water partition coefficient (Wildman–Crippen LogP) is 5.65. The van der Waals surface area contributed by atoms with E-state index in [9.17, 15) is 0 Å². The summed E-state index contributed by atoms with van der Waals surface area (Å²) in [6.45, 7) is 0. The van der Waals surface area contributed by atoms with Crippen LogP contribution in [0.3, 0.4) is 0 Å². The molecule has 4 aromatic carbocycles. The van der Waals surface area contributed by atoms with E-state index < -0.39 is 5.79 Å². The van der Waals surface area contributed by atoms with Gasteiger partial charge in [0, 0.05) is 22.4 Å². The standard InChI is InChI=1S/C24H16O3/c1-25-20-12-10-19-23-18(20)7-4-8-22(23)27-24(19)14-13-17-16-6-3-2-5-15(16)9-11-21(17)26-24/h2-14H,1H3/t24-/m0/s1. The van der Waals surface area contributed by atoms with Crippen molar-refractivity contribution in [3.8, 4) is 17.2 Å². The predicted molar refractivity (Wildman–Crippen MR) is 106 cm³/mol. The number of fused-ring (bicyclic) bond motifs is 4. The molecule has 0 amide bonds. The summed E-state index contributed by atoms with van der Waals surface area (Å²) in [5, 5.41) is 4.45. The molecule has 1 spiro atoms. The molecular weight excluding hydrogens is 336 g/mol. The van der Waals surface area contributed by atoms with Gasteiger partial charge in [-0.2, -0.15) is 0 Å². The van der Waals surface area contributed by atoms with Crippen LogP contribution < -0.4 is 14.2 Å². The van der Waals surface area contributed by atoms with Crippen LogP contribution in [0.25, 0.3) is 27.6 Å². The molecule has 27 heavy (non-hydrogen) atoms. The third kappa shape index (κ3) is 1.86. The fraction of sp³-hybridized carbons (Fsp3) is 0.0833. The van der Waals surface area contributed by atoms with Crippen LogP contribution in [0.15, 0.2) is 72.8 Å². The molecule has 130 valence electrons. The first kappa shape index (κ1) is 14.7. The minimum absolute atomic E-state index is 0.815. The van der Waals surface area contributed by atoms with Crippen LogP contribution in [0.1, 0.15) is 11.1 Å². The van der Waals surface area contributed by atoms with Gasteiger partial charge in [0.25, 0.3) is 5.79 Å². The Kier molecular flexibility index (Phi) is 2.74. The van der Waals surface area contributed by atoms with E-state index in [1.165, 1.54) is 10.8 Å². The molecular formula is C24H16O3. The van der Waals surface area contributed by atoms with Crippen molar-refractivity contribution in [2.75, 3.05) is 7.11 Å².